The van der Waals surface area contributed by atoms with E-state index >= 15 is 0 Å². The number of para-hydroxylation sites is 1. The van der Waals surface area contributed by atoms with Crippen LogP contribution in [0.3, 0.4) is 0 Å². The highest BCUT2D eigenvalue weighted by Gasteiger charge is 2.35. The van der Waals surface area contributed by atoms with Crippen LogP contribution in [0.25, 0.3) is 5.69 Å². The molecular weight excluding hydrogens is 413 g/mol. The number of ether oxygens (including phenoxy) is 2. The summed E-state index contributed by atoms with van der Waals surface area (Å²) in [6.45, 7) is -3.18. The number of alkyl halides is 5. The van der Waals surface area contributed by atoms with Crippen molar-refractivity contribution in [3.63, 3.8) is 0 Å². The topological polar surface area (TPSA) is 65.4 Å². The number of nitrogens with zero attached hydrogens (tertiary/aromatic N) is 2. The molecule has 1 amide bonds. The molecule has 0 fully saturated rings. The summed E-state index contributed by atoms with van der Waals surface area (Å²) in [5.41, 5.74) is -0.821. The number of carbonyl (C=O) groups excluding carboxylic acids is 1. The molecule has 0 unspecified atom stereocenters. The summed E-state index contributed by atoms with van der Waals surface area (Å²) in [5, 5.41) is 6.13. The number of methoxy groups -OCH3 is 1. The minimum Gasteiger partial charge on any atom is -0.493 e. The molecule has 30 heavy (non-hydrogen) atoms. The molecular formula is C19H14F5N3O3. The number of anilines is 1. The Labute approximate surface area is 166 Å². The molecule has 0 aliphatic rings. The molecule has 0 aliphatic carbocycles. The van der Waals surface area contributed by atoms with Gasteiger partial charge in [0, 0.05) is 5.69 Å². The zero-order chi connectivity index (χ0) is 21.9. The smallest absolute Gasteiger partial charge is 0.433 e. The maximum atomic E-state index is 13.0. The van der Waals surface area contributed by atoms with Gasteiger partial charge in [0.15, 0.2) is 11.5 Å². The number of rotatable bonds is 6. The highest BCUT2D eigenvalue weighted by atomic mass is 19.4. The number of carbonyl (C=O) groups is 1. The summed E-state index contributed by atoms with van der Waals surface area (Å²) in [5.74, 6) is -1.26. The van der Waals surface area contributed by atoms with E-state index in [1.807, 2.05) is 0 Å². The van der Waals surface area contributed by atoms with Gasteiger partial charge in [0.25, 0.3) is 5.91 Å². The molecule has 0 radical (unpaired) electrons. The zero-order valence-electron chi connectivity index (χ0n) is 15.3. The van der Waals surface area contributed by atoms with Crippen molar-refractivity contribution >= 4 is 11.6 Å². The summed E-state index contributed by atoms with van der Waals surface area (Å²) in [6, 6.07) is 10.2. The van der Waals surface area contributed by atoms with Crippen molar-refractivity contribution in [2.45, 2.75) is 12.8 Å². The van der Waals surface area contributed by atoms with Crippen LogP contribution in [-0.4, -0.2) is 29.4 Å². The molecule has 0 saturated carbocycles. The van der Waals surface area contributed by atoms with Crippen LogP contribution in [0.1, 0.15) is 16.1 Å². The second-order valence-corrected chi connectivity index (χ2v) is 5.84. The summed E-state index contributed by atoms with van der Waals surface area (Å²) < 4.78 is 74.5. The van der Waals surface area contributed by atoms with E-state index in [1.165, 1.54) is 49.6 Å². The Kier molecular flexibility index (Phi) is 5.90. The van der Waals surface area contributed by atoms with Gasteiger partial charge >= 0.3 is 12.8 Å². The van der Waals surface area contributed by atoms with Crippen LogP contribution in [0.2, 0.25) is 0 Å². The quantitative estimate of drug-likeness (QED) is 0.577. The Bertz CT molecular complexity index is 1030. The van der Waals surface area contributed by atoms with Gasteiger partial charge in [-0.05, 0) is 42.5 Å². The number of amides is 1. The lowest BCUT2D eigenvalue weighted by Crippen LogP contribution is -2.16. The largest absolute Gasteiger partial charge is 0.493 e. The van der Waals surface area contributed by atoms with Crippen LogP contribution in [0.4, 0.5) is 27.6 Å². The minimum atomic E-state index is -4.59. The standard InChI is InChI=1S/C19H14F5N3O3/c1-29-14-4-2-3-13(16(14)30-18(20)21)17(28)26-11-5-7-12(8-6-11)27-15(9-10-25-27)19(22,23)24/h2-10,18H,1H3,(H,26,28). The molecule has 1 aromatic heterocycles. The van der Waals surface area contributed by atoms with Gasteiger partial charge in [-0.2, -0.15) is 27.1 Å². The lowest BCUT2D eigenvalue weighted by molar-refractivity contribution is -0.142. The predicted octanol–water partition coefficient (Wildman–Crippen LogP) is 4.75. The molecule has 0 bridgehead atoms. The molecule has 0 aliphatic heterocycles. The molecule has 0 atom stereocenters. The van der Waals surface area contributed by atoms with Crippen LogP contribution in [0.15, 0.2) is 54.7 Å². The van der Waals surface area contributed by atoms with Crippen molar-refractivity contribution in [3.05, 3.63) is 66.0 Å². The summed E-state index contributed by atoms with van der Waals surface area (Å²) in [7, 11) is 1.23. The minimum absolute atomic E-state index is 0.0586. The molecule has 1 N–H and O–H groups in total. The molecule has 11 heteroatoms. The summed E-state index contributed by atoms with van der Waals surface area (Å²) in [6.07, 6.45) is -3.57. The van der Waals surface area contributed by atoms with Gasteiger partial charge in [-0.3, -0.25) is 4.79 Å². The first-order chi connectivity index (χ1) is 14.2. The van der Waals surface area contributed by atoms with E-state index < -0.39 is 30.1 Å². The molecule has 6 nitrogen and oxygen atoms in total. The van der Waals surface area contributed by atoms with Gasteiger partial charge in [0.1, 0.15) is 5.69 Å². The molecule has 0 spiro atoms. The first kappa shape index (κ1) is 21.1. The van der Waals surface area contributed by atoms with E-state index in [0.717, 1.165) is 12.3 Å². The number of hydrogen-bond acceptors (Lipinski definition) is 4. The Morgan fingerprint density at radius 1 is 1.10 bits per heavy atom. The Balaban J connectivity index is 1.83. The monoisotopic (exact) mass is 427 g/mol. The van der Waals surface area contributed by atoms with Crippen molar-refractivity contribution in [2.75, 3.05) is 12.4 Å². The molecule has 158 valence electrons. The highest BCUT2D eigenvalue weighted by molar-refractivity contribution is 6.06. The Morgan fingerprint density at radius 2 is 1.80 bits per heavy atom. The number of aromatic nitrogens is 2. The van der Waals surface area contributed by atoms with E-state index in [9.17, 15) is 26.7 Å². The fraction of sp³-hybridized carbons (Fsp3) is 0.158. The van der Waals surface area contributed by atoms with Crippen molar-refractivity contribution in [3.8, 4) is 17.2 Å². The average molecular weight is 427 g/mol. The first-order valence-corrected chi connectivity index (χ1v) is 8.35. The van der Waals surface area contributed by atoms with Gasteiger partial charge in [0.05, 0.1) is 24.6 Å². The number of halogens is 5. The summed E-state index contributed by atoms with van der Waals surface area (Å²) >= 11 is 0. The van der Waals surface area contributed by atoms with E-state index in [-0.39, 0.29) is 22.7 Å². The van der Waals surface area contributed by atoms with Crippen LogP contribution in [0.5, 0.6) is 11.5 Å². The lowest BCUT2D eigenvalue weighted by atomic mass is 10.1. The first-order valence-electron chi connectivity index (χ1n) is 8.35. The molecule has 3 rings (SSSR count). The normalized spacial score (nSPS) is 11.4. The Morgan fingerprint density at radius 3 is 2.40 bits per heavy atom. The van der Waals surface area contributed by atoms with Crippen LogP contribution in [-0.2, 0) is 6.18 Å². The second kappa shape index (κ2) is 8.39. The van der Waals surface area contributed by atoms with E-state index in [0.29, 0.717) is 4.68 Å². The SMILES string of the molecule is COc1cccc(C(=O)Nc2ccc(-n3nccc3C(F)(F)F)cc2)c1OC(F)F. The molecule has 3 aromatic rings. The lowest BCUT2D eigenvalue weighted by Gasteiger charge is -2.14. The van der Waals surface area contributed by atoms with Crippen LogP contribution in [0, 0.1) is 0 Å². The summed E-state index contributed by atoms with van der Waals surface area (Å²) in [4.78, 5) is 12.5. The fourth-order valence-electron chi connectivity index (χ4n) is 2.67. The number of hydrogen-bond donors (Lipinski definition) is 1. The fourth-order valence-corrected chi connectivity index (χ4v) is 2.67. The van der Waals surface area contributed by atoms with Crippen molar-refractivity contribution in [1.29, 1.82) is 0 Å². The van der Waals surface area contributed by atoms with Crippen molar-refractivity contribution in [1.82, 2.24) is 9.78 Å². The van der Waals surface area contributed by atoms with Crippen LogP contribution >= 0.6 is 0 Å². The van der Waals surface area contributed by atoms with E-state index in [4.69, 9.17) is 4.74 Å². The maximum Gasteiger partial charge on any atom is 0.433 e. The average Bonchev–Trinajstić information content (AvgIpc) is 3.18. The third kappa shape index (κ3) is 4.50. The maximum absolute atomic E-state index is 13.0. The van der Waals surface area contributed by atoms with E-state index in [2.05, 4.69) is 15.2 Å². The van der Waals surface area contributed by atoms with Gasteiger partial charge in [-0.1, -0.05) is 6.07 Å². The van der Waals surface area contributed by atoms with Gasteiger partial charge < -0.3 is 14.8 Å². The van der Waals surface area contributed by atoms with E-state index in [1.54, 1.807) is 0 Å². The van der Waals surface area contributed by atoms with Gasteiger partial charge in [-0.25, -0.2) is 4.68 Å². The molecule has 1 heterocycles. The van der Waals surface area contributed by atoms with Crippen LogP contribution < -0.4 is 14.8 Å². The van der Waals surface area contributed by atoms with Crippen molar-refractivity contribution < 1.29 is 36.2 Å². The highest BCUT2D eigenvalue weighted by Crippen LogP contribution is 2.33. The predicted molar refractivity (Wildman–Crippen MR) is 96.1 cm³/mol. The second-order valence-electron chi connectivity index (χ2n) is 5.84. The van der Waals surface area contributed by atoms with Gasteiger partial charge in [0.2, 0.25) is 0 Å². The third-order valence-electron chi connectivity index (χ3n) is 3.95. The number of nitrogens with one attached hydrogen (secondary N) is 1. The van der Waals surface area contributed by atoms with Crippen molar-refractivity contribution in [2.24, 2.45) is 0 Å². The number of benzene rings is 2. The zero-order valence-corrected chi connectivity index (χ0v) is 15.3. The van der Waals surface area contributed by atoms with Gasteiger partial charge in [-0.15, -0.1) is 0 Å². The Hall–Kier alpha value is -3.63. The third-order valence-corrected chi connectivity index (χ3v) is 3.95. The molecule has 2 aromatic carbocycles. The molecule has 0 saturated heterocycles.